The number of likely N-dealkylation sites (tertiary alicyclic amines) is 1. The first kappa shape index (κ1) is 17.9. The maximum atomic E-state index is 12.1. The third kappa shape index (κ3) is 4.50. The van der Waals surface area contributed by atoms with Gasteiger partial charge >= 0.3 is 5.97 Å². The molecule has 1 aliphatic heterocycles. The van der Waals surface area contributed by atoms with Crippen LogP contribution in [0.1, 0.15) is 23.4 Å². The van der Waals surface area contributed by atoms with Gasteiger partial charge in [-0.25, -0.2) is 4.79 Å². The zero-order valence-electron chi connectivity index (χ0n) is 12.8. The van der Waals surface area contributed by atoms with Crippen LogP contribution in [0.2, 0.25) is 5.02 Å². The van der Waals surface area contributed by atoms with Gasteiger partial charge in [-0.05, 0) is 56.3 Å². The van der Waals surface area contributed by atoms with Gasteiger partial charge in [0.05, 0.1) is 0 Å². The molecule has 4 nitrogen and oxygen atoms in total. The van der Waals surface area contributed by atoms with E-state index in [1.807, 2.05) is 12.1 Å². The van der Waals surface area contributed by atoms with Crippen molar-refractivity contribution in [2.75, 3.05) is 20.1 Å². The van der Waals surface area contributed by atoms with E-state index in [9.17, 15) is 4.79 Å². The average molecular weight is 356 g/mol. The molecular formula is C17H19Cl2NO3. The van der Waals surface area contributed by atoms with Crippen molar-refractivity contribution in [1.82, 2.24) is 4.90 Å². The van der Waals surface area contributed by atoms with Gasteiger partial charge in [-0.3, -0.25) is 0 Å². The number of ether oxygens (including phenoxy) is 1. The molecule has 0 amide bonds. The van der Waals surface area contributed by atoms with Crippen LogP contribution in [0.15, 0.2) is 40.8 Å². The molecule has 1 aromatic heterocycles. The topological polar surface area (TPSA) is 42.7 Å². The summed E-state index contributed by atoms with van der Waals surface area (Å²) in [7, 11) is 2.07. The molecule has 2 heterocycles. The number of rotatable bonds is 3. The van der Waals surface area contributed by atoms with Crippen LogP contribution in [0, 0.1) is 0 Å². The summed E-state index contributed by atoms with van der Waals surface area (Å²) in [6.07, 6.45) is 1.72. The number of piperidine rings is 1. The monoisotopic (exact) mass is 355 g/mol. The molecule has 3 rings (SSSR count). The minimum Gasteiger partial charge on any atom is -0.456 e. The van der Waals surface area contributed by atoms with Crippen LogP contribution in [-0.4, -0.2) is 37.1 Å². The maximum absolute atomic E-state index is 12.1. The summed E-state index contributed by atoms with van der Waals surface area (Å²) in [6, 6.07) is 10.7. The summed E-state index contributed by atoms with van der Waals surface area (Å²) in [5, 5.41) is 0.664. The second-order valence-electron chi connectivity index (χ2n) is 5.58. The quantitative estimate of drug-likeness (QED) is 0.771. The average Bonchev–Trinajstić information content (AvgIpc) is 3.00. The van der Waals surface area contributed by atoms with Crippen molar-refractivity contribution in [2.24, 2.45) is 0 Å². The number of furan rings is 1. The molecule has 0 unspecified atom stereocenters. The van der Waals surface area contributed by atoms with Crippen molar-refractivity contribution in [2.45, 2.75) is 18.9 Å². The number of hydrogen-bond donors (Lipinski definition) is 0. The molecule has 0 atom stereocenters. The van der Waals surface area contributed by atoms with Crippen LogP contribution in [0.4, 0.5) is 0 Å². The summed E-state index contributed by atoms with van der Waals surface area (Å²) >= 11 is 5.87. The van der Waals surface area contributed by atoms with E-state index < -0.39 is 5.97 Å². The SMILES string of the molecule is CN1CCC(OC(=O)c2ccc(-c3ccc(Cl)cc3)o2)CC1.Cl. The van der Waals surface area contributed by atoms with Crippen molar-refractivity contribution >= 4 is 30.0 Å². The molecular weight excluding hydrogens is 337 g/mol. The zero-order chi connectivity index (χ0) is 15.5. The zero-order valence-corrected chi connectivity index (χ0v) is 14.4. The Bertz CT molecular complexity index is 646. The molecule has 0 aliphatic carbocycles. The van der Waals surface area contributed by atoms with Gasteiger partial charge in [0.15, 0.2) is 0 Å². The van der Waals surface area contributed by atoms with E-state index in [2.05, 4.69) is 11.9 Å². The fraction of sp³-hybridized carbons (Fsp3) is 0.353. The number of benzene rings is 1. The van der Waals surface area contributed by atoms with E-state index in [4.69, 9.17) is 20.8 Å². The Balaban J connectivity index is 0.00000192. The summed E-state index contributed by atoms with van der Waals surface area (Å²) in [5.41, 5.74) is 0.878. The molecule has 6 heteroatoms. The smallest absolute Gasteiger partial charge is 0.374 e. The van der Waals surface area contributed by atoms with Crippen LogP contribution in [0.25, 0.3) is 11.3 Å². The largest absolute Gasteiger partial charge is 0.456 e. The Labute approximate surface area is 146 Å². The van der Waals surface area contributed by atoms with Gasteiger partial charge in [-0.1, -0.05) is 11.6 Å². The highest BCUT2D eigenvalue weighted by Crippen LogP contribution is 2.24. The lowest BCUT2D eigenvalue weighted by Gasteiger charge is -2.28. The summed E-state index contributed by atoms with van der Waals surface area (Å²) in [6.45, 7) is 1.90. The lowest BCUT2D eigenvalue weighted by molar-refractivity contribution is 0.0108. The molecule has 0 saturated carbocycles. The maximum Gasteiger partial charge on any atom is 0.374 e. The first-order valence-electron chi connectivity index (χ1n) is 7.37. The molecule has 1 aromatic carbocycles. The Morgan fingerprint density at radius 3 is 2.48 bits per heavy atom. The van der Waals surface area contributed by atoms with Crippen LogP contribution in [0.5, 0.6) is 0 Å². The van der Waals surface area contributed by atoms with Crippen LogP contribution >= 0.6 is 24.0 Å². The van der Waals surface area contributed by atoms with E-state index in [0.29, 0.717) is 10.8 Å². The minimum absolute atomic E-state index is 0. The number of nitrogens with zero attached hydrogens (tertiary/aromatic N) is 1. The fourth-order valence-corrected chi connectivity index (χ4v) is 2.66. The number of hydrogen-bond acceptors (Lipinski definition) is 4. The first-order valence-corrected chi connectivity index (χ1v) is 7.75. The van der Waals surface area contributed by atoms with Crippen molar-refractivity contribution in [1.29, 1.82) is 0 Å². The Kier molecular flexibility index (Phi) is 6.10. The van der Waals surface area contributed by atoms with Crippen molar-refractivity contribution in [3.05, 3.63) is 47.2 Å². The normalized spacial score (nSPS) is 15.9. The molecule has 2 aromatic rings. The lowest BCUT2D eigenvalue weighted by Crippen LogP contribution is -2.35. The third-order valence-corrected chi connectivity index (χ3v) is 4.13. The van der Waals surface area contributed by atoms with Gasteiger partial charge < -0.3 is 14.1 Å². The third-order valence-electron chi connectivity index (χ3n) is 3.88. The molecule has 0 bridgehead atoms. The molecule has 124 valence electrons. The van der Waals surface area contributed by atoms with Crippen LogP contribution in [-0.2, 0) is 4.74 Å². The first-order chi connectivity index (χ1) is 10.6. The fourth-order valence-electron chi connectivity index (χ4n) is 2.53. The number of halogens is 2. The van der Waals surface area contributed by atoms with Crippen LogP contribution in [0.3, 0.4) is 0 Å². The van der Waals surface area contributed by atoms with Crippen molar-refractivity contribution < 1.29 is 13.9 Å². The predicted octanol–water partition coefficient (Wildman–Crippen LogP) is 4.27. The highest BCUT2D eigenvalue weighted by molar-refractivity contribution is 6.30. The van der Waals surface area contributed by atoms with E-state index in [0.717, 1.165) is 31.5 Å². The molecule has 1 fully saturated rings. The molecule has 0 radical (unpaired) electrons. The molecule has 0 N–H and O–H groups in total. The van der Waals surface area contributed by atoms with Gasteiger partial charge in [0.1, 0.15) is 11.9 Å². The lowest BCUT2D eigenvalue weighted by atomic mass is 10.1. The molecule has 23 heavy (non-hydrogen) atoms. The molecule has 0 spiro atoms. The molecule has 1 saturated heterocycles. The van der Waals surface area contributed by atoms with Crippen molar-refractivity contribution in [3.8, 4) is 11.3 Å². The minimum atomic E-state index is -0.394. The Morgan fingerprint density at radius 2 is 1.83 bits per heavy atom. The number of carbonyl (C=O) groups excluding carboxylic acids is 1. The highest BCUT2D eigenvalue weighted by Gasteiger charge is 2.22. The van der Waals surface area contributed by atoms with Crippen LogP contribution < -0.4 is 0 Å². The Hall–Kier alpha value is -1.49. The number of carbonyl (C=O) groups is 1. The van der Waals surface area contributed by atoms with Gasteiger partial charge in [-0.15, -0.1) is 12.4 Å². The predicted molar refractivity (Wildman–Crippen MR) is 92.3 cm³/mol. The standard InChI is InChI=1S/C17H18ClNO3.ClH/c1-19-10-8-14(9-11-19)21-17(20)16-7-6-15(22-16)12-2-4-13(18)5-3-12;/h2-7,14H,8-11H2,1H3;1H. The van der Waals surface area contributed by atoms with Crippen molar-refractivity contribution in [3.63, 3.8) is 0 Å². The second-order valence-corrected chi connectivity index (χ2v) is 6.02. The van der Waals surface area contributed by atoms with E-state index >= 15 is 0 Å². The Morgan fingerprint density at radius 1 is 1.17 bits per heavy atom. The van der Waals surface area contributed by atoms with Gasteiger partial charge in [0.2, 0.25) is 5.76 Å². The van der Waals surface area contributed by atoms with Gasteiger partial charge in [0.25, 0.3) is 0 Å². The summed E-state index contributed by atoms with van der Waals surface area (Å²) < 4.78 is 11.1. The van der Waals surface area contributed by atoms with E-state index in [1.54, 1.807) is 24.3 Å². The van der Waals surface area contributed by atoms with Gasteiger partial charge in [-0.2, -0.15) is 0 Å². The van der Waals surface area contributed by atoms with Gasteiger partial charge in [0, 0.05) is 23.7 Å². The second kappa shape index (κ2) is 7.86. The number of esters is 1. The summed E-state index contributed by atoms with van der Waals surface area (Å²) in [4.78, 5) is 14.4. The van der Waals surface area contributed by atoms with E-state index in [1.165, 1.54) is 0 Å². The summed E-state index contributed by atoms with van der Waals surface area (Å²) in [5.74, 6) is 0.477. The molecule has 1 aliphatic rings. The van der Waals surface area contributed by atoms with E-state index in [-0.39, 0.29) is 24.3 Å². The highest BCUT2D eigenvalue weighted by atomic mass is 35.5.